The summed E-state index contributed by atoms with van der Waals surface area (Å²) in [5, 5.41) is 9.75. The van der Waals surface area contributed by atoms with Crippen molar-refractivity contribution in [2.24, 2.45) is 23.7 Å². The summed E-state index contributed by atoms with van der Waals surface area (Å²) in [5.41, 5.74) is 0. The maximum absolute atomic E-state index is 12.6. The molecule has 3 fully saturated rings. The molecule has 3 aliphatic rings. The lowest BCUT2D eigenvalue weighted by Crippen LogP contribution is -2.39. The van der Waals surface area contributed by atoms with Crippen molar-refractivity contribution in [3.63, 3.8) is 0 Å². The summed E-state index contributed by atoms with van der Waals surface area (Å²) in [6.07, 6.45) is 35.3. The molecule has 7 atom stereocenters. The molecule has 0 bridgehead atoms. The molecule has 1 saturated heterocycles. The monoisotopic (exact) mass is 691 g/mol. The minimum Gasteiger partial charge on any atom is -0.456 e. The van der Waals surface area contributed by atoms with E-state index in [2.05, 4.69) is 13.8 Å². The van der Waals surface area contributed by atoms with Crippen molar-refractivity contribution in [3.05, 3.63) is 0 Å². The second-order valence-electron chi connectivity index (χ2n) is 16.3. The van der Waals surface area contributed by atoms with Crippen molar-refractivity contribution in [3.8, 4) is 0 Å². The van der Waals surface area contributed by atoms with E-state index in [-0.39, 0.29) is 25.2 Å². The number of esters is 2. The lowest BCUT2D eigenvalue weighted by molar-refractivity contribution is -0.166. The highest BCUT2D eigenvalue weighted by atomic mass is 16.6. The molecule has 0 spiro atoms. The standard InChI is InChI=1S/C43H78O6/c1-3-5-7-9-13-19-25-35-31-37(35)27-21-15-11-17-23-29-41(45)48-40-34-47-39(33-44)43(40)49-42(46)30-24-18-12-16-22-28-38-32-36(38)26-20-14-10-8-6-4-2/h35-40,43-44H,3-34H2,1-2H3/t35?,36?,37?,38?,39-,40?,43+/m1/s1. The Bertz CT molecular complexity index is 846. The van der Waals surface area contributed by atoms with E-state index in [0.717, 1.165) is 55.8 Å². The van der Waals surface area contributed by atoms with Gasteiger partial charge in [0.05, 0.1) is 13.2 Å². The van der Waals surface area contributed by atoms with Crippen LogP contribution in [-0.4, -0.2) is 48.6 Å². The number of ether oxygens (including phenoxy) is 3. The van der Waals surface area contributed by atoms with Gasteiger partial charge in [-0.1, -0.05) is 168 Å². The Kier molecular flexibility index (Phi) is 23.0. The number of carbonyl (C=O) groups excluding carboxylic acids is 2. The van der Waals surface area contributed by atoms with Crippen molar-refractivity contribution >= 4 is 11.9 Å². The highest BCUT2D eigenvalue weighted by molar-refractivity contribution is 5.70. The maximum atomic E-state index is 12.6. The summed E-state index contributed by atoms with van der Waals surface area (Å²) in [7, 11) is 0. The average Bonchev–Trinajstić information content (AvgIpc) is 4.00. The summed E-state index contributed by atoms with van der Waals surface area (Å²) in [6, 6.07) is 0. The van der Waals surface area contributed by atoms with Crippen LogP contribution in [0.3, 0.4) is 0 Å². The number of unbranched alkanes of at least 4 members (excludes halogenated alkanes) is 18. The zero-order valence-corrected chi connectivity index (χ0v) is 32.2. The third kappa shape index (κ3) is 19.3. The SMILES string of the molecule is CCCCCCCCC1CC1CCCCCCCC(=O)OC1CO[C@H](CO)[C@@H]1OC(=O)CCCCCCCC1CC1CCCCCCCC. The van der Waals surface area contributed by atoms with Crippen molar-refractivity contribution in [1.29, 1.82) is 0 Å². The first-order valence-electron chi connectivity index (χ1n) is 21.7. The van der Waals surface area contributed by atoms with E-state index in [1.807, 2.05) is 0 Å². The highest BCUT2D eigenvalue weighted by Crippen LogP contribution is 2.46. The fourth-order valence-electron chi connectivity index (χ4n) is 8.32. The predicted molar refractivity (Wildman–Crippen MR) is 200 cm³/mol. The van der Waals surface area contributed by atoms with Crippen LogP contribution in [0.15, 0.2) is 0 Å². The fraction of sp³-hybridized carbons (Fsp3) is 0.953. The van der Waals surface area contributed by atoms with Crippen LogP contribution in [0.2, 0.25) is 0 Å². The van der Waals surface area contributed by atoms with Gasteiger partial charge in [0.1, 0.15) is 6.10 Å². The number of aliphatic hydroxyl groups is 1. The van der Waals surface area contributed by atoms with Crippen molar-refractivity contribution in [2.75, 3.05) is 13.2 Å². The van der Waals surface area contributed by atoms with Gasteiger partial charge in [-0.3, -0.25) is 9.59 Å². The number of rotatable bonds is 33. The third-order valence-electron chi connectivity index (χ3n) is 11.8. The van der Waals surface area contributed by atoms with Gasteiger partial charge in [-0.05, 0) is 49.4 Å². The number of aliphatic hydroxyl groups excluding tert-OH is 1. The molecule has 49 heavy (non-hydrogen) atoms. The number of hydrogen-bond acceptors (Lipinski definition) is 6. The molecule has 6 nitrogen and oxygen atoms in total. The molecule has 0 aromatic carbocycles. The topological polar surface area (TPSA) is 82.1 Å². The van der Waals surface area contributed by atoms with Crippen LogP contribution in [-0.2, 0) is 23.8 Å². The average molecular weight is 691 g/mol. The molecular formula is C43H78O6. The van der Waals surface area contributed by atoms with Gasteiger partial charge in [-0.2, -0.15) is 0 Å². The maximum Gasteiger partial charge on any atom is 0.306 e. The molecule has 0 amide bonds. The van der Waals surface area contributed by atoms with E-state index in [1.165, 1.54) is 148 Å². The molecule has 6 heteroatoms. The Morgan fingerprint density at radius 3 is 1.31 bits per heavy atom. The molecular weight excluding hydrogens is 612 g/mol. The van der Waals surface area contributed by atoms with E-state index in [4.69, 9.17) is 14.2 Å². The second kappa shape index (κ2) is 26.6. The van der Waals surface area contributed by atoms with E-state index in [0.29, 0.717) is 12.8 Å². The van der Waals surface area contributed by atoms with Gasteiger partial charge in [0.25, 0.3) is 0 Å². The van der Waals surface area contributed by atoms with Gasteiger partial charge in [-0.25, -0.2) is 0 Å². The second-order valence-corrected chi connectivity index (χ2v) is 16.3. The first-order chi connectivity index (χ1) is 24.0. The van der Waals surface area contributed by atoms with Crippen LogP contribution in [0.1, 0.15) is 206 Å². The fourth-order valence-corrected chi connectivity index (χ4v) is 8.32. The Morgan fingerprint density at radius 2 is 0.898 bits per heavy atom. The highest BCUT2D eigenvalue weighted by Gasteiger charge is 2.42. The third-order valence-corrected chi connectivity index (χ3v) is 11.8. The Hall–Kier alpha value is -1.14. The predicted octanol–water partition coefficient (Wildman–Crippen LogP) is 11.4. The zero-order chi connectivity index (χ0) is 34.9. The Morgan fingerprint density at radius 1 is 0.531 bits per heavy atom. The van der Waals surface area contributed by atoms with Gasteiger partial charge < -0.3 is 19.3 Å². The first kappa shape index (κ1) is 42.3. The van der Waals surface area contributed by atoms with Crippen LogP contribution >= 0.6 is 0 Å². The quantitative estimate of drug-likeness (QED) is 0.0545. The lowest BCUT2D eigenvalue weighted by Gasteiger charge is -2.22. The van der Waals surface area contributed by atoms with Gasteiger partial charge in [0.2, 0.25) is 0 Å². The minimum absolute atomic E-state index is 0.163. The van der Waals surface area contributed by atoms with E-state index in [1.54, 1.807) is 0 Å². The van der Waals surface area contributed by atoms with Gasteiger partial charge in [-0.15, -0.1) is 0 Å². The molecule has 3 rings (SSSR count). The van der Waals surface area contributed by atoms with E-state index < -0.39 is 18.3 Å². The van der Waals surface area contributed by atoms with Crippen LogP contribution in [0, 0.1) is 23.7 Å². The van der Waals surface area contributed by atoms with Crippen molar-refractivity contribution in [2.45, 2.75) is 225 Å². The van der Waals surface area contributed by atoms with Crippen molar-refractivity contribution < 1.29 is 28.9 Å². The molecule has 0 aromatic heterocycles. The number of carbonyl (C=O) groups is 2. The zero-order valence-electron chi connectivity index (χ0n) is 32.2. The van der Waals surface area contributed by atoms with Crippen LogP contribution in [0.5, 0.6) is 0 Å². The summed E-state index contributed by atoms with van der Waals surface area (Å²) < 4.78 is 17.0. The molecule has 286 valence electrons. The number of hydrogen-bond donors (Lipinski definition) is 1. The normalized spacial score (nSPS) is 25.8. The van der Waals surface area contributed by atoms with Crippen LogP contribution in [0.4, 0.5) is 0 Å². The summed E-state index contributed by atoms with van der Waals surface area (Å²) in [6.45, 7) is 4.47. The van der Waals surface area contributed by atoms with E-state index in [9.17, 15) is 14.7 Å². The minimum atomic E-state index is -0.725. The summed E-state index contributed by atoms with van der Waals surface area (Å²) >= 11 is 0. The molecule has 2 aliphatic carbocycles. The molecule has 2 saturated carbocycles. The smallest absolute Gasteiger partial charge is 0.306 e. The molecule has 1 aliphatic heterocycles. The summed E-state index contributed by atoms with van der Waals surface area (Å²) in [5.74, 6) is 3.43. The van der Waals surface area contributed by atoms with Gasteiger partial charge in [0.15, 0.2) is 12.2 Å². The van der Waals surface area contributed by atoms with Crippen LogP contribution in [0.25, 0.3) is 0 Å². The molecule has 1 N–H and O–H groups in total. The first-order valence-corrected chi connectivity index (χ1v) is 21.7. The summed E-state index contributed by atoms with van der Waals surface area (Å²) in [4.78, 5) is 25.2. The molecule has 0 radical (unpaired) electrons. The Balaban J connectivity index is 1.12. The van der Waals surface area contributed by atoms with Gasteiger partial charge in [0, 0.05) is 12.8 Å². The molecule has 0 aromatic rings. The van der Waals surface area contributed by atoms with Crippen LogP contribution < -0.4 is 0 Å². The Labute approximate surface area is 302 Å². The van der Waals surface area contributed by atoms with E-state index >= 15 is 0 Å². The van der Waals surface area contributed by atoms with Crippen molar-refractivity contribution in [1.82, 2.24) is 0 Å². The van der Waals surface area contributed by atoms with Gasteiger partial charge >= 0.3 is 11.9 Å². The molecule has 5 unspecified atom stereocenters. The molecule has 1 heterocycles. The lowest BCUT2D eigenvalue weighted by atomic mass is 10.0. The largest absolute Gasteiger partial charge is 0.456 e.